The summed E-state index contributed by atoms with van der Waals surface area (Å²) in [5.74, 6) is -2.90. The molecule has 0 bridgehead atoms. The number of nitrogens with zero attached hydrogens (tertiary/aromatic N) is 4. The first kappa shape index (κ1) is 33.5. The smallest absolute Gasteiger partial charge is 0.226 e. The quantitative estimate of drug-likeness (QED) is 0.102. The summed E-state index contributed by atoms with van der Waals surface area (Å²) in [5, 5.41) is 20.0. The molecule has 0 aliphatic heterocycles. The normalized spacial score (nSPS) is 14.5. The molecule has 0 spiro atoms. The molecule has 2 aliphatic rings. The molecule has 0 aromatic heterocycles. The molecular weight excluding hydrogens is 688 g/mol. The van der Waals surface area contributed by atoms with Crippen LogP contribution < -0.4 is 0 Å². The fraction of sp³-hybridized carbons (Fsp3) is 0.0500. The fourth-order valence-electron chi connectivity index (χ4n) is 6.71. The van der Waals surface area contributed by atoms with Crippen LogP contribution in [-0.4, -0.2) is 0 Å². The van der Waals surface area contributed by atoms with Crippen LogP contribution in [0, 0.1) is 47.4 Å². The Kier molecular flexibility index (Phi) is 7.60. The molecule has 0 amide bonds. The van der Waals surface area contributed by atoms with Crippen LogP contribution in [0.1, 0.15) is 33.4 Å². The van der Waals surface area contributed by atoms with Crippen LogP contribution in [-0.2, 0) is 12.4 Å². The van der Waals surface area contributed by atoms with Gasteiger partial charge in [0.05, 0.1) is 36.4 Å². The van der Waals surface area contributed by atoms with Gasteiger partial charge >= 0.3 is 12.4 Å². The monoisotopic (exact) mass is 702 g/mol. The van der Waals surface area contributed by atoms with E-state index < -0.39 is 35.1 Å². The number of hydrogen-bond donors (Lipinski definition) is 0. The van der Waals surface area contributed by atoms with Gasteiger partial charge < -0.3 is 0 Å². The zero-order chi connectivity index (χ0) is 37.3. The minimum absolute atomic E-state index is 0.0322. The molecule has 0 unspecified atom stereocenters. The van der Waals surface area contributed by atoms with Gasteiger partial charge in [0.25, 0.3) is 11.4 Å². The number of rotatable bonds is 2. The predicted molar refractivity (Wildman–Crippen MR) is 175 cm³/mol. The van der Waals surface area contributed by atoms with Gasteiger partial charge in [-0.3, -0.25) is 0 Å². The van der Waals surface area contributed by atoms with E-state index >= 15 is 0 Å². The van der Waals surface area contributed by atoms with Crippen molar-refractivity contribution < 1.29 is 35.1 Å². The Bertz CT molecular complexity index is 2450. The van der Waals surface area contributed by atoms with Crippen LogP contribution >= 0.6 is 0 Å². The van der Waals surface area contributed by atoms with Crippen LogP contribution in [0.5, 0.6) is 0 Å². The van der Waals surface area contributed by atoms with E-state index in [9.17, 15) is 45.6 Å². The average molecular weight is 703 g/mol. The number of hydrogen-bond acceptors (Lipinski definition) is 2. The number of benzene rings is 5. The first-order valence-corrected chi connectivity index (χ1v) is 15.0. The summed E-state index contributed by atoms with van der Waals surface area (Å²) < 4.78 is 109. The highest BCUT2D eigenvalue weighted by Crippen LogP contribution is 2.54. The molecule has 7 rings (SSSR count). The van der Waals surface area contributed by atoms with Gasteiger partial charge in [-0.15, -0.1) is 0 Å². The van der Waals surface area contributed by atoms with Crippen molar-refractivity contribution in [2.24, 2.45) is 0 Å². The summed E-state index contributed by atoms with van der Waals surface area (Å²) in [6.45, 7) is 15.5. The molecule has 12 heteroatoms. The molecule has 0 atom stereocenters. The third-order valence-corrected chi connectivity index (χ3v) is 8.97. The van der Waals surface area contributed by atoms with E-state index in [4.69, 9.17) is 13.1 Å². The van der Waals surface area contributed by atoms with Crippen LogP contribution in [0.2, 0.25) is 0 Å². The maximum absolute atomic E-state index is 14.1. The van der Waals surface area contributed by atoms with Crippen molar-refractivity contribution in [2.75, 3.05) is 0 Å². The van der Waals surface area contributed by atoms with Crippen molar-refractivity contribution in [3.05, 3.63) is 164 Å². The third kappa shape index (κ3) is 5.18. The summed E-state index contributed by atoms with van der Waals surface area (Å²) in [7, 11) is 0. The van der Waals surface area contributed by atoms with Crippen LogP contribution in [0.3, 0.4) is 0 Å². The second-order valence-electron chi connectivity index (χ2n) is 11.7. The summed E-state index contributed by atoms with van der Waals surface area (Å²) in [6, 6.07) is 21.3. The highest BCUT2D eigenvalue weighted by molar-refractivity contribution is 6.11. The number of nitriles is 2. The van der Waals surface area contributed by atoms with Crippen LogP contribution in [0.25, 0.3) is 65.3 Å². The Balaban J connectivity index is 1.44. The molecule has 2 aliphatic carbocycles. The molecule has 0 radical (unpaired) electrons. The predicted octanol–water partition coefficient (Wildman–Crippen LogP) is 11.7. The van der Waals surface area contributed by atoms with E-state index in [2.05, 4.69) is 9.69 Å². The first-order valence-electron chi connectivity index (χ1n) is 15.0. The van der Waals surface area contributed by atoms with Crippen LogP contribution in [0.4, 0.5) is 35.1 Å². The Hall–Kier alpha value is -7.02. The number of allylic oxidation sites excluding steroid dienone is 2. The SMILES string of the molecule is [C-]#[N+]/C(C#N)=C1/c2cc(-c3ccc(F)c(C(F)(F)F)c3)ccc2-c2cc3c(cc21)-c1ccc(-c2ccc(F)c(C(F)(F)F)c2)cc1/C3=C(/C#N)[N+]#[C-]. The van der Waals surface area contributed by atoms with E-state index in [1.165, 1.54) is 36.4 Å². The van der Waals surface area contributed by atoms with Crippen molar-refractivity contribution >= 4 is 11.1 Å². The Labute approximate surface area is 289 Å². The molecule has 250 valence electrons. The summed E-state index contributed by atoms with van der Waals surface area (Å²) in [4.78, 5) is 6.80. The van der Waals surface area contributed by atoms with Crippen molar-refractivity contribution in [3.8, 4) is 56.6 Å². The van der Waals surface area contributed by atoms with Crippen molar-refractivity contribution in [2.45, 2.75) is 12.4 Å². The van der Waals surface area contributed by atoms with Crippen molar-refractivity contribution in [1.29, 1.82) is 10.5 Å². The molecule has 0 saturated heterocycles. The number of halogens is 8. The maximum atomic E-state index is 14.1. The van der Waals surface area contributed by atoms with Gasteiger partial charge in [-0.25, -0.2) is 29.0 Å². The van der Waals surface area contributed by atoms with E-state index in [-0.39, 0.29) is 44.8 Å². The van der Waals surface area contributed by atoms with E-state index in [1.807, 2.05) is 12.1 Å². The van der Waals surface area contributed by atoms with Crippen LogP contribution in [0.15, 0.2) is 96.3 Å². The molecule has 52 heavy (non-hydrogen) atoms. The third-order valence-electron chi connectivity index (χ3n) is 8.97. The van der Waals surface area contributed by atoms with Gasteiger partial charge in [-0.05, 0) is 115 Å². The van der Waals surface area contributed by atoms with E-state index in [0.29, 0.717) is 68.8 Å². The average Bonchev–Trinajstić information content (AvgIpc) is 3.59. The highest BCUT2D eigenvalue weighted by Gasteiger charge is 2.37. The fourth-order valence-corrected chi connectivity index (χ4v) is 6.71. The lowest BCUT2D eigenvalue weighted by Crippen LogP contribution is -2.08. The maximum Gasteiger partial charge on any atom is 0.419 e. The second kappa shape index (κ2) is 11.8. The zero-order valence-corrected chi connectivity index (χ0v) is 25.9. The lowest BCUT2D eigenvalue weighted by molar-refractivity contribution is -0.140. The lowest BCUT2D eigenvalue weighted by Gasteiger charge is -2.12. The molecule has 0 fully saturated rings. The van der Waals surface area contributed by atoms with Gasteiger partial charge in [0.2, 0.25) is 0 Å². The molecule has 0 heterocycles. The number of fused-ring (bicyclic) bond motifs is 6. The summed E-state index contributed by atoms with van der Waals surface area (Å²) >= 11 is 0. The molecular formula is C40H14F8N4. The van der Waals surface area contributed by atoms with Crippen molar-refractivity contribution in [1.82, 2.24) is 0 Å². The van der Waals surface area contributed by atoms with E-state index in [1.54, 1.807) is 24.3 Å². The molecule has 5 aromatic carbocycles. The lowest BCUT2D eigenvalue weighted by atomic mass is 9.95. The van der Waals surface area contributed by atoms with Gasteiger partial charge in [0.1, 0.15) is 11.6 Å². The number of alkyl halides is 6. The van der Waals surface area contributed by atoms with Gasteiger partial charge in [0.15, 0.2) is 0 Å². The second-order valence-corrected chi connectivity index (χ2v) is 11.7. The Morgan fingerprint density at radius 3 is 1.12 bits per heavy atom. The molecule has 4 nitrogen and oxygen atoms in total. The topological polar surface area (TPSA) is 56.3 Å². The van der Waals surface area contributed by atoms with Crippen molar-refractivity contribution in [3.63, 3.8) is 0 Å². The first-order chi connectivity index (χ1) is 24.7. The Morgan fingerprint density at radius 2 is 0.788 bits per heavy atom. The summed E-state index contributed by atoms with van der Waals surface area (Å²) in [5.41, 5.74) is 0.728. The van der Waals surface area contributed by atoms with Gasteiger partial charge in [0, 0.05) is 11.1 Å². The molecule has 5 aromatic rings. The molecule has 0 N–H and O–H groups in total. The molecule has 0 saturated carbocycles. The van der Waals surface area contributed by atoms with Gasteiger partial charge in [-0.2, -0.15) is 26.3 Å². The van der Waals surface area contributed by atoms with E-state index in [0.717, 1.165) is 0 Å². The minimum atomic E-state index is -4.96. The summed E-state index contributed by atoms with van der Waals surface area (Å²) in [6.07, 6.45) is -9.92. The zero-order valence-electron chi connectivity index (χ0n) is 25.9. The minimum Gasteiger partial charge on any atom is -0.226 e. The highest BCUT2D eigenvalue weighted by atomic mass is 19.4. The largest absolute Gasteiger partial charge is 0.419 e. The Morgan fingerprint density at radius 1 is 0.462 bits per heavy atom. The standard InChI is InChI=1S/C40H14F8N4/c1-51-35(17-49)37-27-11-19(21-5-9-33(41)31(13-21)39(43,44)45)3-7-23(27)25-16-30-26(15-29(25)37)24-8-4-20(12-28(24)38(30)36(18-50)52-2)22-6-10-34(42)32(14-22)40(46,47)48/h3-16H/b37-35-,38-36+. The van der Waals surface area contributed by atoms with Gasteiger partial charge in [-0.1, -0.05) is 36.4 Å².